The standard InChI is InChI=1S/C15H28N2O3/c1-4-5-6-8-11(2)16-14(20)17-12-9-7-10-15(12,3)13(18)19/h11-12H,4-10H2,1-3H3,(H,18,19)(H2,16,17,20). The van der Waals surface area contributed by atoms with Gasteiger partial charge in [0.15, 0.2) is 0 Å². The number of urea groups is 1. The van der Waals surface area contributed by atoms with E-state index in [2.05, 4.69) is 17.6 Å². The van der Waals surface area contributed by atoms with E-state index in [1.165, 1.54) is 6.42 Å². The van der Waals surface area contributed by atoms with E-state index in [0.29, 0.717) is 6.42 Å². The van der Waals surface area contributed by atoms with E-state index in [-0.39, 0.29) is 18.1 Å². The summed E-state index contributed by atoms with van der Waals surface area (Å²) < 4.78 is 0. The van der Waals surface area contributed by atoms with Gasteiger partial charge >= 0.3 is 12.0 Å². The van der Waals surface area contributed by atoms with E-state index >= 15 is 0 Å². The van der Waals surface area contributed by atoms with Crippen molar-refractivity contribution < 1.29 is 14.7 Å². The van der Waals surface area contributed by atoms with Crippen LogP contribution in [0.15, 0.2) is 0 Å². The lowest BCUT2D eigenvalue weighted by Crippen LogP contribution is -2.51. The first kappa shape index (κ1) is 16.8. The zero-order valence-corrected chi connectivity index (χ0v) is 12.9. The second kappa shape index (κ2) is 7.50. The van der Waals surface area contributed by atoms with Gasteiger partial charge in [-0.2, -0.15) is 0 Å². The average Bonchev–Trinajstić information content (AvgIpc) is 2.72. The summed E-state index contributed by atoms with van der Waals surface area (Å²) in [6, 6.07) is -0.393. The summed E-state index contributed by atoms with van der Waals surface area (Å²) >= 11 is 0. The largest absolute Gasteiger partial charge is 0.481 e. The number of carbonyl (C=O) groups excluding carboxylic acids is 1. The second-order valence-electron chi connectivity index (χ2n) is 6.18. The van der Waals surface area contributed by atoms with Crippen molar-refractivity contribution in [3.8, 4) is 0 Å². The van der Waals surface area contributed by atoms with Crippen LogP contribution in [0.25, 0.3) is 0 Å². The third-order valence-electron chi connectivity index (χ3n) is 4.37. The predicted molar refractivity (Wildman–Crippen MR) is 78.7 cm³/mol. The number of nitrogens with one attached hydrogen (secondary N) is 2. The molecule has 116 valence electrons. The van der Waals surface area contributed by atoms with Gasteiger partial charge in [0.1, 0.15) is 0 Å². The van der Waals surface area contributed by atoms with Crippen LogP contribution in [-0.2, 0) is 4.79 Å². The minimum atomic E-state index is -0.831. The predicted octanol–water partition coefficient (Wildman–Crippen LogP) is 2.90. The summed E-state index contributed by atoms with van der Waals surface area (Å²) in [5, 5.41) is 15.0. The van der Waals surface area contributed by atoms with Crippen LogP contribution in [-0.4, -0.2) is 29.2 Å². The Bertz CT molecular complexity index is 346. The Balaban J connectivity index is 2.40. The van der Waals surface area contributed by atoms with Gasteiger partial charge in [-0.25, -0.2) is 4.79 Å². The van der Waals surface area contributed by atoms with Crippen molar-refractivity contribution in [2.75, 3.05) is 0 Å². The molecule has 20 heavy (non-hydrogen) atoms. The number of rotatable bonds is 7. The molecule has 0 bridgehead atoms. The lowest BCUT2D eigenvalue weighted by atomic mass is 9.85. The molecule has 1 fully saturated rings. The number of carbonyl (C=O) groups is 2. The summed E-state index contributed by atoms with van der Waals surface area (Å²) in [6.07, 6.45) is 6.61. The highest BCUT2D eigenvalue weighted by molar-refractivity contribution is 5.79. The molecule has 3 atom stereocenters. The van der Waals surface area contributed by atoms with Gasteiger partial charge in [0.05, 0.1) is 5.41 Å². The summed E-state index contributed by atoms with van der Waals surface area (Å²) in [4.78, 5) is 23.3. The van der Waals surface area contributed by atoms with E-state index < -0.39 is 11.4 Å². The Labute approximate surface area is 121 Å². The van der Waals surface area contributed by atoms with Crippen molar-refractivity contribution in [3.63, 3.8) is 0 Å². The van der Waals surface area contributed by atoms with Crippen LogP contribution in [0.1, 0.15) is 65.7 Å². The fraction of sp³-hybridized carbons (Fsp3) is 0.867. The maximum atomic E-state index is 11.9. The molecule has 1 aliphatic carbocycles. The van der Waals surface area contributed by atoms with Gasteiger partial charge in [-0.05, 0) is 33.1 Å². The van der Waals surface area contributed by atoms with Crippen LogP contribution in [0.3, 0.4) is 0 Å². The number of unbranched alkanes of at least 4 members (excludes halogenated alkanes) is 2. The van der Waals surface area contributed by atoms with Crippen molar-refractivity contribution in [1.82, 2.24) is 10.6 Å². The van der Waals surface area contributed by atoms with Crippen molar-refractivity contribution in [1.29, 1.82) is 0 Å². The monoisotopic (exact) mass is 284 g/mol. The van der Waals surface area contributed by atoms with Gasteiger partial charge in [0.2, 0.25) is 0 Å². The van der Waals surface area contributed by atoms with Crippen molar-refractivity contribution in [2.24, 2.45) is 5.41 Å². The Hall–Kier alpha value is -1.26. The second-order valence-corrected chi connectivity index (χ2v) is 6.18. The quantitative estimate of drug-likeness (QED) is 0.629. The maximum absolute atomic E-state index is 11.9. The van der Waals surface area contributed by atoms with Gasteiger partial charge in [0, 0.05) is 12.1 Å². The molecule has 0 heterocycles. The molecule has 2 amide bonds. The van der Waals surface area contributed by atoms with Crippen LogP contribution in [0.5, 0.6) is 0 Å². The number of carboxylic acids is 1. The van der Waals surface area contributed by atoms with Gasteiger partial charge in [-0.1, -0.05) is 32.6 Å². The highest BCUT2D eigenvalue weighted by Gasteiger charge is 2.45. The molecule has 3 unspecified atom stereocenters. The van der Waals surface area contributed by atoms with E-state index in [1.54, 1.807) is 6.92 Å². The average molecular weight is 284 g/mol. The number of amides is 2. The Morgan fingerprint density at radius 2 is 2.10 bits per heavy atom. The highest BCUT2D eigenvalue weighted by atomic mass is 16.4. The molecule has 0 aliphatic heterocycles. The molecule has 1 rings (SSSR count). The Morgan fingerprint density at radius 3 is 2.70 bits per heavy atom. The van der Waals surface area contributed by atoms with Crippen LogP contribution >= 0.6 is 0 Å². The van der Waals surface area contributed by atoms with Crippen molar-refractivity contribution in [3.05, 3.63) is 0 Å². The van der Waals surface area contributed by atoms with Crippen molar-refractivity contribution in [2.45, 2.75) is 77.8 Å². The first-order chi connectivity index (χ1) is 9.40. The van der Waals surface area contributed by atoms with Gasteiger partial charge < -0.3 is 15.7 Å². The number of aliphatic carboxylic acids is 1. The Kier molecular flexibility index (Phi) is 6.30. The van der Waals surface area contributed by atoms with Crippen molar-refractivity contribution >= 4 is 12.0 Å². The summed E-state index contributed by atoms with van der Waals surface area (Å²) in [5.74, 6) is -0.823. The van der Waals surface area contributed by atoms with Crippen LogP contribution in [0.4, 0.5) is 4.79 Å². The van der Waals surface area contributed by atoms with Gasteiger partial charge in [-0.15, -0.1) is 0 Å². The lowest BCUT2D eigenvalue weighted by molar-refractivity contribution is -0.148. The molecule has 5 nitrogen and oxygen atoms in total. The van der Waals surface area contributed by atoms with Gasteiger partial charge in [-0.3, -0.25) is 4.79 Å². The molecule has 0 saturated heterocycles. The van der Waals surface area contributed by atoms with Crippen LogP contribution < -0.4 is 10.6 Å². The molecule has 0 spiro atoms. The number of hydrogen-bond acceptors (Lipinski definition) is 2. The summed E-state index contributed by atoms with van der Waals surface area (Å²) in [6.45, 7) is 5.86. The Morgan fingerprint density at radius 1 is 1.40 bits per heavy atom. The number of carboxylic acid groups (broad SMARTS) is 1. The fourth-order valence-corrected chi connectivity index (χ4v) is 2.85. The van der Waals surface area contributed by atoms with E-state index in [1.807, 2.05) is 6.92 Å². The zero-order chi connectivity index (χ0) is 15.2. The van der Waals surface area contributed by atoms with E-state index in [9.17, 15) is 14.7 Å². The minimum Gasteiger partial charge on any atom is -0.481 e. The molecule has 0 aromatic heterocycles. The normalized spacial score (nSPS) is 27.1. The molecule has 1 aliphatic rings. The van der Waals surface area contributed by atoms with Crippen LogP contribution in [0, 0.1) is 5.41 Å². The molecule has 0 radical (unpaired) electrons. The molecule has 0 aromatic carbocycles. The molecular formula is C15H28N2O3. The van der Waals surface area contributed by atoms with E-state index in [0.717, 1.165) is 32.1 Å². The third kappa shape index (κ3) is 4.39. The number of hydrogen-bond donors (Lipinski definition) is 3. The fourth-order valence-electron chi connectivity index (χ4n) is 2.85. The summed E-state index contributed by atoms with van der Waals surface area (Å²) in [7, 11) is 0. The first-order valence-corrected chi connectivity index (χ1v) is 7.70. The van der Waals surface area contributed by atoms with E-state index in [4.69, 9.17) is 0 Å². The highest BCUT2D eigenvalue weighted by Crippen LogP contribution is 2.38. The smallest absolute Gasteiger partial charge is 0.315 e. The molecule has 3 N–H and O–H groups in total. The first-order valence-electron chi connectivity index (χ1n) is 7.70. The van der Waals surface area contributed by atoms with Gasteiger partial charge in [0.25, 0.3) is 0 Å². The van der Waals surface area contributed by atoms with Crippen LogP contribution in [0.2, 0.25) is 0 Å². The molecule has 1 saturated carbocycles. The minimum absolute atomic E-state index is 0.124. The zero-order valence-electron chi connectivity index (χ0n) is 12.9. The molecular weight excluding hydrogens is 256 g/mol. The SMILES string of the molecule is CCCCCC(C)NC(=O)NC1CCCC1(C)C(=O)O. The molecule has 0 aromatic rings. The molecule has 5 heteroatoms. The lowest BCUT2D eigenvalue weighted by Gasteiger charge is -2.28. The summed E-state index contributed by atoms with van der Waals surface area (Å²) in [5.41, 5.74) is -0.831. The maximum Gasteiger partial charge on any atom is 0.315 e. The topological polar surface area (TPSA) is 78.4 Å². The third-order valence-corrected chi connectivity index (χ3v) is 4.37.